The second-order valence-corrected chi connectivity index (χ2v) is 8.01. The number of nitrogens with zero attached hydrogens (tertiary/aromatic N) is 2. The number of aromatic nitrogens is 2. The predicted octanol–water partition coefficient (Wildman–Crippen LogP) is 7.16. The fraction of sp³-hybridized carbons (Fsp3) is 0.0714. The van der Waals surface area contributed by atoms with Gasteiger partial charge >= 0.3 is 0 Å². The summed E-state index contributed by atoms with van der Waals surface area (Å²) in [6.45, 7) is 0. The monoisotopic (exact) mass is 386 g/mol. The minimum absolute atomic E-state index is 1.25. The van der Waals surface area contributed by atoms with E-state index < -0.39 is 0 Å². The van der Waals surface area contributed by atoms with Crippen molar-refractivity contribution in [2.45, 2.75) is 0 Å². The summed E-state index contributed by atoms with van der Waals surface area (Å²) in [5, 5.41) is 3.96. The third-order valence-electron chi connectivity index (χ3n) is 6.33. The van der Waals surface area contributed by atoms with Crippen molar-refractivity contribution in [2.75, 3.05) is 0 Å². The van der Waals surface area contributed by atoms with Crippen molar-refractivity contribution in [1.29, 1.82) is 0 Å². The fourth-order valence-electron chi connectivity index (χ4n) is 4.84. The maximum absolute atomic E-state index is 2.33. The van der Waals surface area contributed by atoms with Gasteiger partial charge < -0.3 is 9.13 Å². The Morgan fingerprint density at radius 1 is 0.467 bits per heavy atom. The maximum Gasteiger partial charge on any atom is 0.121 e. The molecule has 0 bridgehead atoms. The van der Waals surface area contributed by atoms with Crippen LogP contribution in [0.2, 0.25) is 0 Å². The molecule has 0 saturated heterocycles. The molecular weight excluding hydrogens is 364 g/mol. The van der Waals surface area contributed by atoms with Crippen molar-refractivity contribution in [2.24, 2.45) is 14.1 Å². The third kappa shape index (κ3) is 2.37. The maximum atomic E-state index is 2.33. The van der Waals surface area contributed by atoms with E-state index in [0.717, 1.165) is 0 Å². The molecule has 0 radical (unpaired) electrons. The van der Waals surface area contributed by atoms with Crippen LogP contribution >= 0.6 is 0 Å². The fourth-order valence-corrected chi connectivity index (χ4v) is 4.84. The van der Waals surface area contributed by atoms with Gasteiger partial charge in [-0.2, -0.15) is 0 Å². The van der Waals surface area contributed by atoms with Gasteiger partial charge in [-0.05, 0) is 34.4 Å². The molecule has 0 amide bonds. The minimum atomic E-state index is 1.25. The molecular formula is C28H22N2. The number of fused-ring (bicyclic) bond motifs is 5. The van der Waals surface area contributed by atoms with E-state index >= 15 is 0 Å². The standard InChI is InChI=1S/C28H22N2/c1-29-25-17-21(19-9-5-3-6-10-19)13-15-23(25)27-24-16-14-22(20-11-7-4-8-12-20)18-26(24)30(2)28(27)29/h3-18H,1-2H3. The van der Waals surface area contributed by atoms with Crippen LogP contribution in [0, 0.1) is 0 Å². The van der Waals surface area contributed by atoms with E-state index in [0.29, 0.717) is 0 Å². The Morgan fingerprint density at radius 3 is 1.33 bits per heavy atom. The van der Waals surface area contributed by atoms with E-state index in [2.05, 4.69) is 120 Å². The van der Waals surface area contributed by atoms with Crippen LogP contribution in [-0.2, 0) is 14.1 Å². The molecule has 4 aromatic carbocycles. The molecule has 6 aromatic rings. The van der Waals surface area contributed by atoms with E-state index in [-0.39, 0.29) is 0 Å². The van der Waals surface area contributed by atoms with Crippen LogP contribution in [-0.4, -0.2) is 9.13 Å². The summed E-state index contributed by atoms with van der Waals surface area (Å²) in [6.07, 6.45) is 0. The smallest absolute Gasteiger partial charge is 0.121 e. The normalized spacial score (nSPS) is 11.7. The molecule has 0 atom stereocenters. The average molecular weight is 386 g/mol. The van der Waals surface area contributed by atoms with E-state index in [1.807, 2.05) is 0 Å². The first-order chi connectivity index (χ1) is 14.7. The molecule has 2 nitrogen and oxygen atoms in total. The van der Waals surface area contributed by atoms with Crippen LogP contribution in [0.15, 0.2) is 97.1 Å². The summed E-state index contributed by atoms with van der Waals surface area (Å²) in [6, 6.07) is 34.9. The quantitative estimate of drug-likeness (QED) is 0.299. The highest BCUT2D eigenvalue weighted by Gasteiger charge is 2.18. The molecule has 0 N–H and O–H groups in total. The Balaban J connectivity index is 1.62. The highest BCUT2D eigenvalue weighted by Crippen LogP contribution is 2.39. The van der Waals surface area contributed by atoms with Crippen molar-refractivity contribution >= 4 is 32.8 Å². The predicted molar refractivity (Wildman–Crippen MR) is 128 cm³/mol. The molecule has 30 heavy (non-hydrogen) atoms. The summed E-state index contributed by atoms with van der Waals surface area (Å²) in [5.74, 6) is 0. The Hall–Kier alpha value is -3.78. The van der Waals surface area contributed by atoms with Gasteiger partial charge in [0, 0.05) is 30.3 Å². The van der Waals surface area contributed by atoms with Gasteiger partial charge in [-0.15, -0.1) is 0 Å². The lowest BCUT2D eigenvalue weighted by Crippen LogP contribution is -1.95. The zero-order chi connectivity index (χ0) is 20.2. The van der Waals surface area contributed by atoms with Gasteiger partial charge in [-0.3, -0.25) is 0 Å². The van der Waals surface area contributed by atoms with Crippen molar-refractivity contribution in [3.8, 4) is 22.3 Å². The zero-order valence-corrected chi connectivity index (χ0v) is 17.1. The molecule has 0 aliphatic carbocycles. The molecule has 144 valence electrons. The van der Waals surface area contributed by atoms with Crippen molar-refractivity contribution < 1.29 is 0 Å². The van der Waals surface area contributed by atoms with Crippen LogP contribution < -0.4 is 0 Å². The van der Waals surface area contributed by atoms with Crippen molar-refractivity contribution in [3.05, 3.63) is 97.1 Å². The van der Waals surface area contributed by atoms with Crippen LogP contribution in [0.25, 0.3) is 55.1 Å². The summed E-state index contributed by atoms with van der Waals surface area (Å²) in [4.78, 5) is 0. The van der Waals surface area contributed by atoms with E-state index in [4.69, 9.17) is 0 Å². The average Bonchev–Trinajstić information content (AvgIpc) is 3.27. The van der Waals surface area contributed by atoms with Gasteiger partial charge in [-0.25, -0.2) is 0 Å². The Kier molecular flexibility index (Phi) is 3.63. The molecule has 2 heteroatoms. The first kappa shape index (κ1) is 17.1. The number of rotatable bonds is 2. The Morgan fingerprint density at radius 2 is 0.900 bits per heavy atom. The number of aryl methyl sites for hydroxylation is 2. The number of benzene rings is 4. The Bertz CT molecular complexity index is 1420. The topological polar surface area (TPSA) is 9.86 Å². The number of hydrogen-bond donors (Lipinski definition) is 0. The summed E-state index contributed by atoms with van der Waals surface area (Å²) in [5.41, 5.74) is 8.81. The SMILES string of the molecule is Cn1c2cc(-c3ccccc3)ccc2c2c3ccc(-c4ccccc4)cc3n(C)c21. The van der Waals surface area contributed by atoms with Gasteiger partial charge in [0.25, 0.3) is 0 Å². The molecule has 0 aliphatic rings. The highest BCUT2D eigenvalue weighted by atomic mass is 15.1. The molecule has 6 rings (SSSR count). The lowest BCUT2D eigenvalue weighted by molar-refractivity contribution is 0.908. The van der Waals surface area contributed by atoms with Crippen LogP contribution in [0.4, 0.5) is 0 Å². The highest BCUT2D eigenvalue weighted by molar-refractivity contribution is 6.21. The van der Waals surface area contributed by atoms with E-state index in [1.165, 1.54) is 55.1 Å². The summed E-state index contributed by atoms with van der Waals surface area (Å²) >= 11 is 0. The van der Waals surface area contributed by atoms with Gasteiger partial charge in [0.2, 0.25) is 0 Å². The van der Waals surface area contributed by atoms with Crippen LogP contribution in [0.1, 0.15) is 0 Å². The van der Waals surface area contributed by atoms with Gasteiger partial charge in [0.05, 0.1) is 11.0 Å². The first-order valence-electron chi connectivity index (χ1n) is 10.3. The van der Waals surface area contributed by atoms with E-state index in [1.54, 1.807) is 0 Å². The lowest BCUT2D eigenvalue weighted by atomic mass is 10.0. The van der Waals surface area contributed by atoms with Crippen molar-refractivity contribution in [3.63, 3.8) is 0 Å². The summed E-state index contributed by atoms with van der Waals surface area (Å²) in [7, 11) is 4.35. The molecule has 2 heterocycles. The number of hydrogen-bond acceptors (Lipinski definition) is 0. The molecule has 2 aromatic heterocycles. The Labute approximate surface area is 175 Å². The molecule has 0 spiro atoms. The van der Waals surface area contributed by atoms with Gasteiger partial charge in [0.15, 0.2) is 0 Å². The van der Waals surface area contributed by atoms with Crippen LogP contribution in [0.3, 0.4) is 0 Å². The zero-order valence-electron chi connectivity index (χ0n) is 17.1. The van der Waals surface area contributed by atoms with Gasteiger partial charge in [0.1, 0.15) is 5.65 Å². The summed E-state index contributed by atoms with van der Waals surface area (Å²) < 4.78 is 4.67. The second kappa shape index (κ2) is 6.36. The minimum Gasteiger partial charge on any atom is -0.330 e. The first-order valence-corrected chi connectivity index (χ1v) is 10.3. The largest absolute Gasteiger partial charge is 0.330 e. The molecule has 0 fully saturated rings. The van der Waals surface area contributed by atoms with Crippen molar-refractivity contribution in [1.82, 2.24) is 9.13 Å². The third-order valence-corrected chi connectivity index (χ3v) is 6.33. The van der Waals surface area contributed by atoms with E-state index in [9.17, 15) is 0 Å². The molecule has 0 saturated carbocycles. The second-order valence-electron chi connectivity index (χ2n) is 8.01. The molecule has 0 unspecified atom stereocenters. The van der Waals surface area contributed by atoms with Gasteiger partial charge in [-0.1, -0.05) is 84.9 Å². The van der Waals surface area contributed by atoms with Crippen LogP contribution in [0.5, 0.6) is 0 Å². The molecule has 0 aliphatic heterocycles. The lowest BCUT2D eigenvalue weighted by Gasteiger charge is -2.07.